The minimum atomic E-state index is -0.272. The van der Waals surface area contributed by atoms with Crippen LogP contribution in [0.25, 0.3) is 0 Å². The molecule has 0 amide bonds. The van der Waals surface area contributed by atoms with E-state index < -0.39 is 0 Å². The van der Waals surface area contributed by atoms with E-state index in [1.165, 1.54) is 50.7 Å². The molecule has 1 aromatic rings. The van der Waals surface area contributed by atoms with E-state index >= 15 is 0 Å². The van der Waals surface area contributed by atoms with Crippen molar-refractivity contribution in [3.63, 3.8) is 0 Å². The smallest absolute Gasteiger partial charge is 0.124 e. The third kappa shape index (κ3) is 4.25. The van der Waals surface area contributed by atoms with Crippen LogP contribution in [-0.2, 0) is 6.54 Å². The molecular formula is C15H21ClFN. The molecule has 0 spiro atoms. The van der Waals surface area contributed by atoms with Crippen molar-refractivity contribution in [2.75, 3.05) is 6.54 Å². The van der Waals surface area contributed by atoms with E-state index in [0.717, 1.165) is 24.6 Å². The number of hydrogen-bond acceptors (Lipinski definition) is 1. The summed E-state index contributed by atoms with van der Waals surface area (Å²) >= 11 is 5.98. The van der Waals surface area contributed by atoms with E-state index in [1.807, 2.05) is 0 Å². The average Bonchev–Trinajstić information content (AvgIpc) is 2.38. The lowest BCUT2D eigenvalue weighted by atomic mass is 9.87. The van der Waals surface area contributed by atoms with Crippen molar-refractivity contribution >= 4 is 11.6 Å². The van der Waals surface area contributed by atoms with Crippen LogP contribution in [0.3, 0.4) is 0 Å². The first-order chi connectivity index (χ1) is 8.75. The van der Waals surface area contributed by atoms with Crippen molar-refractivity contribution < 1.29 is 4.39 Å². The van der Waals surface area contributed by atoms with Gasteiger partial charge in [-0.2, -0.15) is 0 Å². The van der Waals surface area contributed by atoms with Gasteiger partial charge in [0.05, 0.1) is 0 Å². The predicted molar refractivity (Wildman–Crippen MR) is 74.3 cm³/mol. The van der Waals surface area contributed by atoms with E-state index in [2.05, 4.69) is 5.32 Å². The first-order valence-electron chi connectivity index (χ1n) is 6.90. The molecule has 3 heteroatoms. The van der Waals surface area contributed by atoms with Gasteiger partial charge in [0.15, 0.2) is 0 Å². The minimum Gasteiger partial charge on any atom is -0.313 e. The highest BCUT2D eigenvalue weighted by Crippen LogP contribution is 2.25. The van der Waals surface area contributed by atoms with Gasteiger partial charge in [0.25, 0.3) is 0 Å². The molecule has 100 valence electrons. The van der Waals surface area contributed by atoms with Gasteiger partial charge in [-0.3, -0.25) is 0 Å². The van der Waals surface area contributed by atoms with E-state index in [1.54, 1.807) is 6.07 Å². The Bertz CT molecular complexity index is 375. The lowest BCUT2D eigenvalue weighted by molar-refractivity contribution is 0.334. The van der Waals surface area contributed by atoms with Gasteiger partial charge in [-0.1, -0.05) is 49.8 Å². The van der Waals surface area contributed by atoms with Crippen molar-refractivity contribution in [1.82, 2.24) is 5.32 Å². The van der Waals surface area contributed by atoms with Crippen LogP contribution in [0, 0.1) is 11.7 Å². The first-order valence-corrected chi connectivity index (χ1v) is 7.28. The highest BCUT2D eigenvalue weighted by atomic mass is 35.5. The third-order valence-corrected chi connectivity index (χ3v) is 4.14. The lowest BCUT2D eigenvalue weighted by Crippen LogP contribution is -2.19. The molecule has 18 heavy (non-hydrogen) atoms. The molecule has 0 bridgehead atoms. The minimum absolute atomic E-state index is 0.272. The Morgan fingerprint density at radius 1 is 1.22 bits per heavy atom. The molecule has 0 radical (unpaired) electrons. The van der Waals surface area contributed by atoms with E-state index in [4.69, 9.17) is 11.6 Å². The number of hydrogen-bond donors (Lipinski definition) is 1. The molecule has 1 aliphatic carbocycles. The normalized spacial score (nSPS) is 17.0. The molecule has 1 N–H and O–H groups in total. The summed E-state index contributed by atoms with van der Waals surface area (Å²) in [5.41, 5.74) is 0.974. The number of halogens is 2. The lowest BCUT2D eigenvalue weighted by Gasteiger charge is -2.21. The Hall–Kier alpha value is -0.600. The second-order valence-electron chi connectivity index (χ2n) is 5.21. The van der Waals surface area contributed by atoms with Crippen LogP contribution < -0.4 is 5.32 Å². The van der Waals surface area contributed by atoms with Crippen LogP contribution in [-0.4, -0.2) is 6.54 Å². The van der Waals surface area contributed by atoms with Crippen LogP contribution in [0.15, 0.2) is 18.2 Å². The zero-order chi connectivity index (χ0) is 12.8. The molecule has 0 atom stereocenters. The zero-order valence-electron chi connectivity index (χ0n) is 10.7. The number of benzene rings is 1. The van der Waals surface area contributed by atoms with Crippen LogP contribution in [0.2, 0.25) is 5.02 Å². The van der Waals surface area contributed by atoms with Gasteiger partial charge >= 0.3 is 0 Å². The summed E-state index contributed by atoms with van der Waals surface area (Å²) < 4.78 is 12.9. The van der Waals surface area contributed by atoms with E-state index in [-0.39, 0.29) is 5.82 Å². The maximum atomic E-state index is 12.9. The summed E-state index contributed by atoms with van der Waals surface area (Å²) in [6, 6.07) is 4.59. The van der Waals surface area contributed by atoms with E-state index in [9.17, 15) is 4.39 Å². The van der Waals surface area contributed by atoms with Gasteiger partial charge in [0.2, 0.25) is 0 Å². The third-order valence-electron chi connectivity index (χ3n) is 3.78. The molecule has 1 saturated carbocycles. The molecule has 0 saturated heterocycles. The molecule has 0 aromatic heterocycles. The summed E-state index contributed by atoms with van der Waals surface area (Å²) in [7, 11) is 0. The molecular weight excluding hydrogens is 249 g/mol. The highest BCUT2D eigenvalue weighted by Gasteiger charge is 2.12. The first kappa shape index (κ1) is 13.8. The van der Waals surface area contributed by atoms with Gasteiger partial charge in [-0.25, -0.2) is 4.39 Å². The van der Waals surface area contributed by atoms with Crippen molar-refractivity contribution in [1.29, 1.82) is 0 Å². The van der Waals surface area contributed by atoms with E-state index in [0.29, 0.717) is 5.02 Å². The van der Waals surface area contributed by atoms with Gasteiger partial charge in [-0.05, 0) is 36.6 Å². The Morgan fingerprint density at radius 3 is 2.72 bits per heavy atom. The monoisotopic (exact) mass is 269 g/mol. The van der Waals surface area contributed by atoms with Gasteiger partial charge in [-0.15, -0.1) is 0 Å². The average molecular weight is 270 g/mol. The van der Waals surface area contributed by atoms with Crippen molar-refractivity contribution in [2.45, 2.75) is 45.1 Å². The Balaban J connectivity index is 1.68. The largest absolute Gasteiger partial charge is 0.313 e. The van der Waals surface area contributed by atoms with Crippen LogP contribution in [0.1, 0.15) is 44.1 Å². The summed E-state index contributed by atoms with van der Waals surface area (Å²) in [5.74, 6) is 0.626. The summed E-state index contributed by atoms with van der Waals surface area (Å²) in [4.78, 5) is 0. The van der Waals surface area contributed by atoms with Gasteiger partial charge < -0.3 is 5.32 Å². The zero-order valence-corrected chi connectivity index (χ0v) is 11.5. The van der Waals surface area contributed by atoms with Crippen LogP contribution in [0.5, 0.6) is 0 Å². The number of nitrogens with one attached hydrogen (secondary N) is 1. The topological polar surface area (TPSA) is 12.0 Å². The maximum Gasteiger partial charge on any atom is 0.124 e. The fourth-order valence-electron chi connectivity index (χ4n) is 2.67. The fourth-order valence-corrected chi connectivity index (χ4v) is 2.90. The molecule has 0 heterocycles. The van der Waals surface area contributed by atoms with Gasteiger partial charge in [0, 0.05) is 11.6 Å². The fraction of sp³-hybridized carbons (Fsp3) is 0.600. The van der Waals surface area contributed by atoms with Gasteiger partial charge in [0.1, 0.15) is 5.82 Å². The Morgan fingerprint density at radius 2 is 2.00 bits per heavy atom. The Labute approximate surface area is 114 Å². The predicted octanol–water partition coefficient (Wildman–Crippen LogP) is 4.54. The van der Waals surface area contributed by atoms with Crippen LogP contribution in [0.4, 0.5) is 4.39 Å². The molecule has 1 fully saturated rings. The molecule has 1 aliphatic rings. The van der Waals surface area contributed by atoms with Crippen molar-refractivity contribution in [2.24, 2.45) is 5.92 Å². The number of rotatable bonds is 5. The summed E-state index contributed by atoms with van der Waals surface area (Å²) in [6.07, 6.45) is 8.23. The highest BCUT2D eigenvalue weighted by molar-refractivity contribution is 6.31. The SMILES string of the molecule is Fc1ccc(CNCCC2CCCCC2)c(Cl)c1. The van der Waals surface area contributed by atoms with Crippen molar-refractivity contribution in [3.05, 3.63) is 34.6 Å². The molecule has 0 aliphatic heterocycles. The molecule has 2 rings (SSSR count). The van der Waals surface area contributed by atoms with Crippen LogP contribution >= 0.6 is 11.6 Å². The standard InChI is InChI=1S/C15H21ClFN/c16-15-10-14(17)7-6-13(15)11-18-9-8-12-4-2-1-3-5-12/h6-7,10,12,18H,1-5,8-9,11H2. The Kier molecular flexibility index (Phi) is 5.45. The summed E-state index contributed by atoms with van der Waals surface area (Å²) in [5, 5.41) is 3.92. The quantitative estimate of drug-likeness (QED) is 0.774. The molecule has 1 nitrogen and oxygen atoms in total. The summed E-state index contributed by atoms with van der Waals surface area (Å²) in [6.45, 7) is 1.75. The molecule has 1 aromatic carbocycles. The second-order valence-corrected chi connectivity index (χ2v) is 5.61. The molecule has 0 unspecified atom stereocenters. The maximum absolute atomic E-state index is 12.9. The second kappa shape index (κ2) is 7.10. The van der Waals surface area contributed by atoms with Crippen molar-refractivity contribution in [3.8, 4) is 0 Å².